The van der Waals surface area contributed by atoms with Crippen molar-refractivity contribution < 1.29 is 9.18 Å². The van der Waals surface area contributed by atoms with Crippen LogP contribution >= 0.6 is 11.8 Å². The number of carbonyl (C=O) groups excluding carboxylic acids is 1. The topological polar surface area (TPSA) is 55.1 Å². The number of carbonyl (C=O) groups is 1. The number of benzene rings is 1. The van der Waals surface area contributed by atoms with Crippen LogP contribution in [0.5, 0.6) is 0 Å². The molecule has 98 valence electrons. The third-order valence-corrected chi connectivity index (χ3v) is 4.15. The van der Waals surface area contributed by atoms with Gasteiger partial charge in [0.2, 0.25) is 5.91 Å². The number of hydrogen-bond donors (Lipinski definition) is 2. The van der Waals surface area contributed by atoms with Gasteiger partial charge in [0.15, 0.2) is 0 Å². The highest BCUT2D eigenvalue weighted by molar-refractivity contribution is 7.99. The summed E-state index contributed by atoms with van der Waals surface area (Å²) in [6, 6.07) is 4.33. The first-order valence-corrected chi connectivity index (χ1v) is 7.23. The molecular weight excluding hydrogens is 251 g/mol. The lowest BCUT2D eigenvalue weighted by Gasteiger charge is -2.20. The second-order valence-corrected chi connectivity index (χ2v) is 5.77. The smallest absolute Gasteiger partial charge is 0.224 e. The van der Waals surface area contributed by atoms with E-state index in [1.165, 1.54) is 12.1 Å². The fraction of sp³-hybridized carbons (Fsp3) is 0.462. The van der Waals surface area contributed by atoms with Crippen molar-refractivity contribution in [2.45, 2.75) is 19.3 Å². The zero-order valence-electron chi connectivity index (χ0n) is 10.1. The zero-order valence-corrected chi connectivity index (χ0v) is 10.9. The predicted octanol–water partition coefficient (Wildman–Crippen LogP) is 2.88. The van der Waals surface area contributed by atoms with Crippen molar-refractivity contribution in [3.8, 4) is 0 Å². The third kappa shape index (κ3) is 3.63. The van der Waals surface area contributed by atoms with Crippen LogP contribution in [0.4, 0.5) is 15.8 Å². The van der Waals surface area contributed by atoms with E-state index in [-0.39, 0.29) is 11.6 Å². The molecule has 1 heterocycles. The number of nitrogens with one attached hydrogen (secondary N) is 1. The van der Waals surface area contributed by atoms with Crippen molar-refractivity contribution in [3.05, 3.63) is 24.0 Å². The summed E-state index contributed by atoms with van der Waals surface area (Å²) in [6.45, 7) is 0. The number of hydrogen-bond acceptors (Lipinski definition) is 3. The highest BCUT2D eigenvalue weighted by Crippen LogP contribution is 2.25. The molecule has 3 N–H and O–H groups in total. The summed E-state index contributed by atoms with van der Waals surface area (Å²) < 4.78 is 13.2. The summed E-state index contributed by atoms with van der Waals surface area (Å²) in [5, 5.41) is 2.72. The van der Waals surface area contributed by atoms with Gasteiger partial charge in [-0.1, -0.05) is 0 Å². The van der Waals surface area contributed by atoms with Crippen LogP contribution in [0.15, 0.2) is 18.2 Å². The molecule has 1 fully saturated rings. The molecule has 0 aliphatic carbocycles. The Balaban J connectivity index is 1.88. The Morgan fingerprint density at radius 3 is 2.83 bits per heavy atom. The van der Waals surface area contributed by atoms with Crippen LogP contribution in [0.1, 0.15) is 19.3 Å². The molecule has 18 heavy (non-hydrogen) atoms. The first-order chi connectivity index (χ1) is 8.65. The number of halogens is 1. The monoisotopic (exact) mass is 268 g/mol. The van der Waals surface area contributed by atoms with Gasteiger partial charge in [-0.25, -0.2) is 4.39 Å². The van der Waals surface area contributed by atoms with Gasteiger partial charge in [-0.2, -0.15) is 11.8 Å². The average Bonchev–Trinajstić information content (AvgIpc) is 2.35. The van der Waals surface area contributed by atoms with Crippen molar-refractivity contribution in [3.63, 3.8) is 0 Å². The van der Waals surface area contributed by atoms with Crippen molar-refractivity contribution in [2.24, 2.45) is 5.92 Å². The van der Waals surface area contributed by atoms with Gasteiger partial charge in [-0.3, -0.25) is 4.79 Å². The first-order valence-electron chi connectivity index (χ1n) is 6.08. The lowest BCUT2D eigenvalue weighted by atomic mass is 9.98. The van der Waals surface area contributed by atoms with E-state index < -0.39 is 5.82 Å². The molecular formula is C13H17FN2OS. The summed E-state index contributed by atoms with van der Waals surface area (Å²) in [4.78, 5) is 11.8. The van der Waals surface area contributed by atoms with Crippen LogP contribution in [0.3, 0.4) is 0 Å². The fourth-order valence-corrected chi connectivity index (χ4v) is 3.23. The molecule has 0 radical (unpaired) electrons. The molecule has 1 aromatic rings. The summed E-state index contributed by atoms with van der Waals surface area (Å²) in [5.41, 5.74) is 5.94. The van der Waals surface area contributed by atoms with Crippen LogP contribution in [-0.4, -0.2) is 17.4 Å². The number of anilines is 2. The van der Waals surface area contributed by atoms with Crippen LogP contribution < -0.4 is 11.1 Å². The van der Waals surface area contributed by atoms with Crippen molar-refractivity contribution in [1.29, 1.82) is 0 Å². The summed E-state index contributed by atoms with van der Waals surface area (Å²) in [7, 11) is 0. The highest BCUT2D eigenvalue weighted by Gasteiger charge is 2.17. The Morgan fingerprint density at radius 2 is 2.17 bits per heavy atom. The molecule has 0 aromatic heterocycles. The fourth-order valence-electron chi connectivity index (χ4n) is 2.03. The minimum atomic E-state index is -0.498. The highest BCUT2D eigenvalue weighted by atomic mass is 32.2. The van der Waals surface area contributed by atoms with Gasteiger partial charge < -0.3 is 11.1 Å². The minimum Gasteiger partial charge on any atom is -0.396 e. The van der Waals surface area contributed by atoms with E-state index in [0.717, 1.165) is 24.3 Å². The lowest BCUT2D eigenvalue weighted by molar-refractivity contribution is -0.117. The van der Waals surface area contributed by atoms with E-state index in [0.29, 0.717) is 18.0 Å². The van der Waals surface area contributed by atoms with Gasteiger partial charge in [-0.05, 0) is 48.5 Å². The van der Waals surface area contributed by atoms with Gasteiger partial charge in [-0.15, -0.1) is 0 Å². The Labute approximate surface area is 110 Å². The number of rotatable bonds is 3. The van der Waals surface area contributed by atoms with Crippen molar-refractivity contribution >= 4 is 29.0 Å². The third-order valence-electron chi connectivity index (χ3n) is 3.10. The molecule has 0 bridgehead atoms. The van der Waals surface area contributed by atoms with Crippen LogP contribution in [0.25, 0.3) is 0 Å². The van der Waals surface area contributed by atoms with Crippen molar-refractivity contribution in [2.75, 3.05) is 22.6 Å². The Bertz CT molecular complexity index is 433. The molecule has 2 rings (SSSR count). The minimum absolute atomic E-state index is 0.0453. The molecule has 1 saturated heterocycles. The maximum Gasteiger partial charge on any atom is 0.224 e. The van der Waals surface area contributed by atoms with Gasteiger partial charge in [0.1, 0.15) is 5.82 Å². The first kappa shape index (κ1) is 13.2. The SMILES string of the molecule is Nc1ccc(NC(=O)CC2CCSCC2)cc1F. The second-order valence-electron chi connectivity index (χ2n) is 4.54. The largest absolute Gasteiger partial charge is 0.396 e. The molecule has 0 spiro atoms. The standard InChI is InChI=1S/C13H17FN2OS/c14-11-8-10(1-2-12(11)15)16-13(17)7-9-3-5-18-6-4-9/h1-2,8-9H,3-7,15H2,(H,16,17). The zero-order chi connectivity index (χ0) is 13.0. The summed E-state index contributed by atoms with van der Waals surface area (Å²) >= 11 is 1.94. The number of nitrogen functional groups attached to an aromatic ring is 1. The van der Waals surface area contributed by atoms with Gasteiger partial charge in [0.05, 0.1) is 5.69 Å². The molecule has 1 aliphatic heterocycles. The maximum absolute atomic E-state index is 13.2. The number of thioether (sulfide) groups is 1. The lowest BCUT2D eigenvalue weighted by Crippen LogP contribution is -2.19. The molecule has 1 amide bonds. The Hall–Kier alpha value is -1.23. The van der Waals surface area contributed by atoms with E-state index in [4.69, 9.17) is 5.73 Å². The number of nitrogens with two attached hydrogens (primary N) is 1. The van der Waals surface area contributed by atoms with E-state index in [9.17, 15) is 9.18 Å². The van der Waals surface area contributed by atoms with Crippen LogP contribution in [-0.2, 0) is 4.79 Å². The van der Waals surface area contributed by atoms with E-state index in [1.807, 2.05) is 11.8 Å². The second kappa shape index (κ2) is 6.09. The maximum atomic E-state index is 13.2. The van der Waals surface area contributed by atoms with E-state index in [1.54, 1.807) is 6.07 Å². The number of amides is 1. The average molecular weight is 268 g/mol. The molecule has 5 heteroatoms. The van der Waals surface area contributed by atoms with Crippen LogP contribution in [0.2, 0.25) is 0 Å². The molecule has 3 nitrogen and oxygen atoms in total. The molecule has 0 saturated carbocycles. The molecule has 1 aliphatic rings. The predicted molar refractivity (Wildman–Crippen MR) is 74.1 cm³/mol. The molecule has 0 unspecified atom stereocenters. The van der Waals surface area contributed by atoms with Gasteiger partial charge in [0, 0.05) is 12.1 Å². The van der Waals surface area contributed by atoms with E-state index >= 15 is 0 Å². The van der Waals surface area contributed by atoms with Gasteiger partial charge >= 0.3 is 0 Å². The Morgan fingerprint density at radius 1 is 1.44 bits per heavy atom. The molecule has 0 atom stereocenters. The summed E-state index contributed by atoms with van der Waals surface area (Å²) in [5.74, 6) is 2.19. The quantitative estimate of drug-likeness (QED) is 0.829. The van der Waals surface area contributed by atoms with E-state index in [2.05, 4.69) is 5.32 Å². The van der Waals surface area contributed by atoms with Crippen LogP contribution in [0, 0.1) is 11.7 Å². The summed E-state index contributed by atoms with van der Waals surface area (Å²) in [6.07, 6.45) is 2.70. The normalized spacial score (nSPS) is 16.5. The van der Waals surface area contributed by atoms with Crippen molar-refractivity contribution in [1.82, 2.24) is 0 Å². The van der Waals surface area contributed by atoms with Gasteiger partial charge in [0.25, 0.3) is 0 Å². The Kier molecular flexibility index (Phi) is 4.47. The molecule has 1 aromatic carbocycles.